The molecule has 0 saturated carbocycles. The van der Waals surface area contributed by atoms with Crippen LogP contribution in [0.5, 0.6) is 11.5 Å². The molecule has 1 aliphatic rings. The van der Waals surface area contributed by atoms with Gasteiger partial charge in [-0.25, -0.2) is 0 Å². The number of rotatable bonds is 9. The molecule has 1 heterocycles. The summed E-state index contributed by atoms with van der Waals surface area (Å²) in [6.07, 6.45) is 2.20. The van der Waals surface area contributed by atoms with Crippen molar-refractivity contribution < 1.29 is 19.0 Å². The summed E-state index contributed by atoms with van der Waals surface area (Å²) in [5, 5.41) is 3.14. The molecule has 1 N–H and O–H groups in total. The van der Waals surface area contributed by atoms with Gasteiger partial charge in [0.15, 0.2) is 0 Å². The van der Waals surface area contributed by atoms with Crippen LogP contribution in [0.25, 0.3) is 0 Å². The van der Waals surface area contributed by atoms with E-state index in [0.29, 0.717) is 35.6 Å². The molecule has 1 amide bonds. The van der Waals surface area contributed by atoms with Crippen molar-refractivity contribution in [3.8, 4) is 11.5 Å². The van der Waals surface area contributed by atoms with Crippen LogP contribution >= 0.6 is 0 Å². The molecule has 27 heavy (non-hydrogen) atoms. The van der Waals surface area contributed by atoms with Gasteiger partial charge >= 0.3 is 0 Å². The van der Waals surface area contributed by atoms with E-state index in [0.717, 1.165) is 44.7 Å². The largest absolute Gasteiger partial charge is 0.496 e. The molecule has 1 fully saturated rings. The molecule has 6 nitrogen and oxygen atoms in total. The summed E-state index contributed by atoms with van der Waals surface area (Å²) in [5.74, 6) is 1.76. The summed E-state index contributed by atoms with van der Waals surface area (Å²) < 4.78 is 16.3. The summed E-state index contributed by atoms with van der Waals surface area (Å²) in [4.78, 5) is 15.3. The van der Waals surface area contributed by atoms with Gasteiger partial charge in [-0.1, -0.05) is 26.7 Å². The van der Waals surface area contributed by atoms with Crippen LogP contribution < -0.4 is 14.8 Å². The molecule has 1 unspecified atom stereocenters. The number of carbonyl (C=O) groups excluding carboxylic acids is 1. The highest BCUT2D eigenvalue weighted by Gasteiger charge is 2.27. The molecule has 1 aliphatic heterocycles. The van der Waals surface area contributed by atoms with Crippen molar-refractivity contribution in [3.05, 3.63) is 23.3 Å². The van der Waals surface area contributed by atoms with Crippen molar-refractivity contribution in [2.45, 2.75) is 39.7 Å². The fourth-order valence-corrected chi connectivity index (χ4v) is 3.85. The molecular formula is C21H34N2O4. The zero-order chi connectivity index (χ0) is 19.8. The third kappa shape index (κ3) is 5.36. The molecule has 2 rings (SSSR count). The van der Waals surface area contributed by atoms with Crippen molar-refractivity contribution in [1.29, 1.82) is 0 Å². The van der Waals surface area contributed by atoms with Crippen LogP contribution in [-0.2, 0) is 4.74 Å². The molecular weight excluding hydrogens is 344 g/mol. The number of nitrogens with one attached hydrogen (secondary N) is 1. The van der Waals surface area contributed by atoms with E-state index in [1.54, 1.807) is 26.4 Å². The first-order valence-corrected chi connectivity index (χ1v) is 9.88. The first-order valence-electron chi connectivity index (χ1n) is 9.88. The molecule has 1 atom stereocenters. The zero-order valence-corrected chi connectivity index (χ0v) is 17.3. The van der Waals surface area contributed by atoms with Crippen LogP contribution in [0.1, 0.15) is 42.6 Å². The Balaban J connectivity index is 2.12. The Morgan fingerprint density at radius 1 is 1.15 bits per heavy atom. The zero-order valence-electron chi connectivity index (χ0n) is 17.3. The second-order valence-electron chi connectivity index (χ2n) is 7.01. The second-order valence-corrected chi connectivity index (χ2v) is 7.01. The fraction of sp³-hybridized carbons (Fsp3) is 0.667. The molecule has 0 bridgehead atoms. The maximum atomic E-state index is 12.8. The number of amides is 1. The lowest BCUT2D eigenvalue weighted by atomic mass is 9.92. The highest BCUT2D eigenvalue weighted by molar-refractivity contribution is 5.95. The topological polar surface area (TPSA) is 60.0 Å². The quantitative estimate of drug-likeness (QED) is 0.716. The minimum atomic E-state index is -0.101. The Morgan fingerprint density at radius 2 is 1.70 bits per heavy atom. The summed E-state index contributed by atoms with van der Waals surface area (Å²) >= 11 is 0. The van der Waals surface area contributed by atoms with Gasteiger partial charge in [0.25, 0.3) is 5.91 Å². The van der Waals surface area contributed by atoms with Gasteiger partial charge in [-0.05, 0) is 25.0 Å². The molecule has 1 aromatic rings. The van der Waals surface area contributed by atoms with E-state index in [-0.39, 0.29) is 5.91 Å². The monoisotopic (exact) mass is 378 g/mol. The number of hydrogen-bond acceptors (Lipinski definition) is 5. The van der Waals surface area contributed by atoms with Crippen LogP contribution in [0, 0.1) is 12.8 Å². The van der Waals surface area contributed by atoms with Gasteiger partial charge in [0.05, 0.1) is 27.4 Å². The van der Waals surface area contributed by atoms with Gasteiger partial charge < -0.3 is 19.5 Å². The molecule has 6 heteroatoms. The van der Waals surface area contributed by atoms with Gasteiger partial charge in [-0.3, -0.25) is 9.69 Å². The first-order chi connectivity index (χ1) is 13.0. The number of hydrogen-bond donors (Lipinski definition) is 1. The lowest BCUT2D eigenvalue weighted by Crippen LogP contribution is -2.52. The maximum Gasteiger partial charge on any atom is 0.251 e. The maximum absolute atomic E-state index is 12.8. The molecule has 0 radical (unpaired) electrons. The van der Waals surface area contributed by atoms with Crippen LogP contribution in [0.15, 0.2) is 12.1 Å². The third-order valence-corrected chi connectivity index (χ3v) is 5.59. The number of nitrogens with zero attached hydrogens (tertiary/aromatic N) is 1. The Labute approximate surface area is 163 Å². The predicted octanol–water partition coefficient (Wildman–Crippen LogP) is 2.88. The smallest absolute Gasteiger partial charge is 0.251 e. The molecule has 1 aromatic carbocycles. The lowest BCUT2D eigenvalue weighted by Gasteiger charge is -2.38. The molecule has 152 valence electrons. The minimum absolute atomic E-state index is 0.101. The van der Waals surface area contributed by atoms with E-state index in [9.17, 15) is 4.79 Å². The summed E-state index contributed by atoms with van der Waals surface area (Å²) in [6.45, 7) is 10.4. The summed E-state index contributed by atoms with van der Waals surface area (Å²) in [7, 11) is 3.20. The normalized spacial score (nSPS) is 16.2. The Kier molecular flexibility index (Phi) is 8.38. The van der Waals surface area contributed by atoms with Crippen molar-refractivity contribution in [3.63, 3.8) is 0 Å². The fourth-order valence-electron chi connectivity index (χ4n) is 3.85. The van der Waals surface area contributed by atoms with Crippen molar-refractivity contribution in [1.82, 2.24) is 10.2 Å². The van der Waals surface area contributed by atoms with E-state index >= 15 is 0 Å². The second kappa shape index (κ2) is 10.5. The van der Waals surface area contributed by atoms with Crippen molar-refractivity contribution >= 4 is 5.91 Å². The number of ether oxygens (including phenoxy) is 3. The Morgan fingerprint density at radius 3 is 2.19 bits per heavy atom. The van der Waals surface area contributed by atoms with E-state index < -0.39 is 0 Å². The highest BCUT2D eigenvalue weighted by Crippen LogP contribution is 2.29. The SMILES string of the molecule is CCC(CC)C(CNC(=O)c1cc(OC)c(C)c(OC)c1)N1CCOCC1. The first kappa shape index (κ1) is 21.5. The van der Waals surface area contributed by atoms with E-state index in [4.69, 9.17) is 14.2 Å². The summed E-state index contributed by atoms with van der Waals surface area (Å²) in [5.41, 5.74) is 1.44. The number of methoxy groups -OCH3 is 2. The van der Waals surface area contributed by atoms with Crippen LogP contribution in [0.3, 0.4) is 0 Å². The number of benzene rings is 1. The van der Waals surface area contributed by atoms with Gasteiger partial charge in [-0.2, -0.15) is 0 Å². The minimum Gasteiger partial charge on any atom is -0.496 e. The number of carbonyl (C=O) groups is 1. The van der Waals surface area contributed by atoms with E-state index in [2.05, 4.69) is 24.1 Å². The van der Waals surface area contributed by atoms with Crippen molar-refractivity contribution in [2.75, 3.05) is 47.1 Å². The van der Waals surface area contributed by atoms with Gasteiger partial charge in [0.1, 0.15) is 11.5 Å². The average molecular weight is 379 g/mol. The van der Waals surface area contributed by atoms with E-state index in [1.165, 1.54) is 0 Å². The van der Waals surface area contributed by atoms with Crippen molar-refractivity contribution in [2.24, 2.45) is 5.92 Å². The Bertz CT molecular complexity index is 585. The van der Waals surface area contributed by atoms with Crippen LogP contribution in [0.4, 0.5) is 0 Å². The van der Waals surface area contributed by atoms with Crippen LogP contribution in [-0.4, -0.2) is 63.9 Å². The summed E-state index contributed by atoms with van der Waals surface area (Å²) in [6, 6.07) is 3.87. The predicted molar refractivity (Wildman–Crippen MR) is 107 cm³/mol. The highest BCUT2D eigenvalue weighted by atomic mass is 16.5. The van der Waals surface area contributed by atoms with E-state index in [1.807, 2.05) is 6.92 Å². The average Bonchev–Trinajstić information content (AvgIpc) is 2.71. The lowest BCUT2D eigenvalue weighted by molar-refractivity contribution is 0.00191. The molecule has 1 saturated heterocycles. The van der Waals surface area contributed by atoms with Gasteiger partial charge in [0.2, 0.25) is 0 Å². The molecule has 0 aromatic heterocycles. The molecule has 0 aliphatic carbocycles. The van der Waals surface area contributed by atoms with Gasteiger partial charge in [0, 0.05) is 36.8 Å². The standard InChI is InChI=1S/C21H34N2O4/c1-6-16(7-2)18(23-8-10-27-11-9-23)14-22-21(24)17-12-19(25-4)15(3)20(13-17)26-5/h12-13,16,18H,6-11,14H2,1-5H3,(H,22,24). The van der Waals surface area contributed by atoms with Gasteiger partial charge in [-0.15, -0.1) is 0 Å². The number of morpholine rings is 1. The molecule has 0 spiro atoms. The third-order valence-electron chi connectivity index (χ3n) is 5.59. The van der Waals surface area contributed by atoms with Crippen LogP contribution in [0.2, 0.25) is 0 Å². The Hall–Kier alpha value is -1.79.